The highest BCUT2D eigenvalue weighted by Gasteiger charge is 2.20. The Morgan fingerprint density at radius 2 is 1.83 bits per heavy atom. The van der Waals surface area contributed by atoms with Crippen molar-refractivity contribution >= 4 is 6.03 Å². The molecule has 0 aliphatic heterocycles. The van der Waals surface area contributed by atoms with E-state index in [9.17, 15) is 4.79 Å². The number of aryl methyl sites for hydroxylation is 1. The van der Waals surface area contributed by atoms with Crippen LogP contribution in [0.2, 0.25) is 0 Å². The monoisotopic (exact) mass is 248 g/mol. The van der Waals surface area contributed by atoms with Crippen LogP contribution in [0.3, 0.4) is 0 Å². The van der Waals surface area contributed by atoms with Crippen LogP contribution in [-0.2, 0) is 6.42 Å². The lowest BCUT2D eigenvalue weighted by atomic mass is 9.94. The SMILES string of the molecule is CCCNC(=O)NC(C)(C)Cc1ccc(C)cc1. The third-order valence-electron chi connectivity index (χ3n) is 2.75. The maximum absolute atomic E-state index is 11.6. The lowest BCUT2D eigenvalue weighted by Gasteiger charge is -2.26. The first-order valence-electron chi connectivity index (χ1n) is 6.54. The molecule has 0 atom stereocenters. The predicted octanol–water partition coefficient (Wildman–Crippen LogP) is 3.03. The number of carbonyl (C=O) groups is 1. The molecule has 3 heteroatoms. The highest BCUT2D eigenvalue weighted by molar-refractivity contribution is 5.74. The minimum Gasteiger partial charge on any atom is -0.338 e. The molecule has 0 spiro atoms. The highest BCUT2D eigenvalue weighted by atomic mass is 16.2. The molecule has 1 aromatic rings. The van der Waals surface area contributed by atoms with Crippen LogP contribution >= 0.6 is 0 Å². The molecule has 0 aromatic heterocycles. The molecule has 0 aliphatic rings. The molecule has 0 radical (unpaired) electrons. The van der Waals surface area contributed by atoms with Crippen molar-refractivity contribution in [1.82, 2.24) is 10.6 Å². The van der Waals surface area contributed by atoms with E-state index in [0.717, 1.165) is 12.8 Å². The number of nitrogens with one attached hydrogen (secondary N) is 2. The van der Waals surface area contributed by atoms with Gasteiger partial charge in [0.2, 0.25) is 0 Å². The summed E-state index contributed by atoms with van der Waals surface area (Å²) >= 11 is 0. The van der Waals surface area contributed by atoms with Crippen molar-refractivity contribution in [3.63, 3.8) is 0 Å². The molecule has 3 nitrogen and oxygen atoms in total. The highest BCUT2D eigenvalue weighted by Crippen LogP contribution is 2.13. The molecule has 18 heavy (non-hydrogen) atoms. The molecule has 2 N–H and O–H groups in total. The van der Waals surface area contributed by atoms with Gasteiger partial charge in [-0.2, -0.15) is 0 Å². The summed E-state index contributed by atoms with van der Waals surface area (Å²) in [5.74, 6) is 0. The molecule has 100 valence electrons. The van der Waals surface area contributed by atoms with Crippen molar-refractivity contribution in [2.75, 3.05) is 6.54 Å². The summed E-state index contributed by atoms with van der Waals surface area (Å²) in [5, 5.41) is 5.84. The second-order valence-corrected chi connectivity index (χ2v) is 5.43. The number of hydrogen-bond donors (Lipinski definition) is 2. The van der Waals surface area contributed by atoms with Gasteiger partial charge in [0.05, 0.1) is 0 Å². The Hall–Kier alpha value is -1.51. The van der Waals surface area contributed by atoms with Crippen LogP contribution in [0.4, 0.5) is 4.79 Å². The average molecular weight is 248 g/mol. The normalized spacial score (nSPS) is 11.1. The van der Waals surface area contributed by atoms with Crippen LogP contribution in [0.1, 0.15) is 38.3 Å². The van der Waals surface area contributed by atoms with Crippen LogP contribution in [0, 0.1) is 6.92 Å². The second-order valence-electron chi connectivity index (χ2n) is 5.43. The van der Waals surface area contributed by atoms with E-state index in [1.54, 1.807) is 0 Å². The summed E-state index contributed by atoms with van der Waals surface area (Å²) in [6.07, 6.45) is 1.78. The summed E-state index contributed by atoms with van der Waals surface area (Å²) in [5.41, 5.74) is 2.25. The number of carbonyl (C=O) groups excluding carboxylic acids is 1. The Morgan fingerprint density at radius 3 is 2.39 bits per heavy atom. The van der Waals surface area contributed by atoms with E-state index < -0.39 is 0 Å². The van der Waals surface area contributed by atoms with Crippen LogP contribution in [0.25, 0.3) is 0 Å². The van der Waals surface area contributed by atoms with Gasteiger partial charge in [-0.15, -0.1) is 0 Å². The van der Waals surface area contributed by atoms with Crippen molar-refractivity contribution < 1.29 is 4.79 Å². The third kappa shape index (κ3) is 5.21. The molecule has 0 aliphatic carbocycles. The molecular formula is C15H24N2O. The Morgan fingerprint density at radius 1 is 1.22 bits per heavy atom. The molecule has 0 saturated heterocycles. The van der Waals surface area contributed by atoms with Gasteiger partial charge in [0, 0.05) is 12.1 Å². The average Bonchev–Trinajstić information content (AvgIpc) is 2.28. The predicted molar refractivity (Wildman–Crippen MR) is 75.8 cm³/mol. The van der Waals surface area contributed by atoms with Gasteiger partial charge in [-0.05, 0) is 39.2 Å². The maximum atomic E-state index is 11.6. The lowest BCUT2D eigenvalue weighted by molar-refractivity contribution is 0.229. The molecule has 1 aromatic carbocycles. The quantitative estimate of drug-likeness (QED) is 0.826. The van der Waals surface area contributed by atoms with E-state index >= 15 is 0 Å². The van der Waals surface area contributed by atoms with Crippen molar-refractivity contribution in [3.05, 3.63) is 35.4 Å². The zero-order valence-electron chi connectivity index (χ0n) is 11.8. The van der Waals surface area contributed by atoms with E-state index in [1.807, 2.05) is 20.8 Å². The van der Waals surface area contributed by atoms with Crippen molar-refractivity contribution in [1.29, 1.82) is 0 Å². The van der Waals surface area contributed by atoms with E-state index in [-0.39, 0.29) is 11.6 Å². The molecule has 0 heterocycles. The number of benzene rings is 1. The number of rotatable bonds is 5. The third-order valence-corrected chi connectivity index (χ3v) is 2.75. The Balaban J connectivity index is 2.53. The molecule has 2 amide bonds. The summed E-state index contributed by atoms with van der Waals surface area (Å²) < 4.78 is 0. The summed E-state index contributed by atoms with van der Waals surface area (Å²) in [4.78, 5) is 11.6. The first-order valence-corrected chi connectivity index (χ1v) is 6.54. The largest absolute Gasteiger partial charge is 0.338 e. The standard InChI is InChI=1S/C15H24N2O/c1-5-10-16-14(18)17-15(3,4)11-13-8-6-12(2)7-9-13/h6-9H,5,10-11H2,1-4H3,(H2,16,17,18). The van der Waals surface area contributed by atoms with E-state index in [2.05, 4.69) is 41.8 Å². The summed E-state index contributed by atoms with van der Waals surface area (Å²) in [7, 11) is 0. The van der Waals surface area contributed by atoms with Gasteiger partial charge in [-0.1, -0.05) is 36.8 Å². The minimum atomic E-state index is -0.243. The minimum absolute atomic E-state index is 0.0889. The zero-order valence-corrected chi connectivity index (χ0v) is 11.8. The molecule has 0 bridgehead atoms. The summed E-state index contributed by atoms with van der Waals surface area (Å²) in [6, 6.07) is 8.34. The zero-order chi connectivity index (χ0) is 13.6. The molecular weight excluding hydrogens is 224 g/mol. The van der Waals surface area contributed by atoms with Gasteiger partial charge in [0.1, 0.15) is 0 Å². The van der Waals surface area contributed by atoms with Crippen molar-refractivity contribution in [3.8, 4) is 0 Å². The number of hydrogen-bond acceptors (Lipinski definition) is 1. The first kappa shape index (κ1) is 14.6. The van der Waals surface area contributed by atoms with Crippen LogP contribution in [0.15, 0.2) is 24.3 Å². The fourth-order valence-electron chi connectivity index (χ4n) is 1.85. The van der Waals surface area contributed by atoms with Gasteiger partial charge >= 0.3 is 6.03 Å². The van der Waals surface area contributed by atoms with Gasteiger partial charge in [0.15, 0.2) is 0 Å². The van der Waals surface area contributed by atoms with Crippen LogP contribution in [0.5, 0.6) is 0 Å². The van der Waals surface area contributed by atoms with E-state index in [1.165, 1.54) is 11.1 Å². The first-order chi connectivity index (χ1) is 8.43. The van der Waals surface area contributed by atoms with Gasteiger partial charge in [-0.25, -0.2) is 4.79 Å². The molecule has 0 unspecified atom stereocenters. The molecule has 0 fully saturated rings. The van der Waals surface area contributed by atoms with E-state index in [0.29, 0.717) is 6.54 Å². The molecule has 1 rings (SSSR count). The Labute approximate surface area is 110 Å². The van der Waals surface area contributed by atoms with Crippen molar-refractivity contribution in [2.45, 2.75) is 46.1 Å². The van der Waals surface area contributed by atoms with Crippen LogP contribution in [-0.4, -0.2) is 18.1 Å². The maximum Gasteiger partial charge on any atom is 0.315 e. The Kier molecular flexibility index (Phi) is 5.20. The fourth-order valence-corrected chi connectivity index (χ4v) is 1.85. The topological polar surface area (TPSA) is 41.1 Å². The number of amides is 2. The Bertz CT molecular complexity index is 382. The van der Waals surface area contributed by atoms with Gasteiger partial charge in [0.25, 0.3) is 0 Å². The molecule has 0 saturated carbocycles. The smallest absolute Gasteiger partial charge is 0.315 e. The number of urea groups is 1. The van der Waals surface area contributed by atoms with Gasteiger partial charge < -0.3 is 10.6 Å². The summed E-state index contributed by atoms with van der Waals surface area (Å²) in [6.45, 7) is 8.91. The second kappa shape index (κ2) is 6.43. The fraction of sp³-hybridized carbons (Fsp3) is 0.533. The van der Waals surface area contributed by atoms with Crippen LogP contribution < -0.4 is 10.6 Å². The van der Waals surface area contributed by atoms with Gasteiger partial charge in [-0.3, -0.25) is 0 Å². The van der Waals surface area contributed by atoms with Crippen molar-refractivity contribution in [2.24, 2.45) is 0 Å². The van der Waals surface area contributed by atoms with E-state index in [4.69, 9.17) is 0 Å². The lowest BCUT2D eigenvalue weighted by Crippen LogP contribution is -2.49.